The summed E-state index contributed by atoms with van der Waals surface area (Å²) in [5.74, 6) is 0.435. The van der Waals surface area contributed by atoms with Crippen LogP contribution in [0.1, 0.15) is 23.4 Å². The third-order valence-electron chi connectivity index (χ3n) is 2.99. The van der Waals surface area contributed by atoms with E-state index in [0.29, 0.717) is 30.9 Å². The summed E-state index contributed by atoms with van der Waals surface area (Å²) in [5.41, 5.74) is 2.11. The largest absolute Gasteiger partial charge is 0.368 e. The van der Waals surface area contributed by atoms with E-state index in [0.717, 1.165) is 11.4 Å². The van der Waals surface area contributed by atoms with Gasteiger partial charge in [0.15, 0.2) is 0 Å². The molecule has 6 nitrogen and oxygen atoms in total. The van der Waals surface area contributed by atoms with Crippen molar-refractivity contribution >= 4 is 11.7 Å². The van der Waals surface area contributed by atoms with Crippen LogP contribution in [0.5, 0.6) is 0 Å². The van der Waals surface area contributed by atoms with Crippen molar-refractivity contribution in [2.45, 2.75) is 19.9 Å². The molecule has 112 valence electrons. The summed E-state index contributed by atoms with van der Waals surface area (Å²) in [4.78, 5) is 20.2. The van der Waals surface area contributed by atoms with E-state index in [1.165, 1.54) is 0 Å². The summed E-state index contributed by atoms with van der Waals surface area (Å²) in [6.45, 7) is 2.68. The van der Waals surface area contributed by atoms with E-state index in [1.807, 2.05) is 25.1 Å². The zero-order valence-corrected chi connectivity index (χ0v) is 12.3. The van der Waals surface area contributed by atoms with Gasteiger partial charge in [-0.2, -0.15) is 5.26 Å². The Kier molecular flexibility index (Phi) is 5.44. The number of hydrogen-bond donors (Lipinski definition) is 2. The van der Waals surface area contributed by atoms with E-state index >= 15 is 0 Å². The zero-order valence-electron chi connectivity index (χ0n) is 12.3. The fourth-order valence-corrected chi connectivity index (χ4v) is 1.86. The second-order valence-corrected chi connectivity index (χ2v) is 4.74. The molecule has 0 bridgehead atoms. The lowest BCUT2D eigenvalue weighted by Gasteiger charge is -2.08. The monoisotopic (exact) mass is 295 g/mol. The van der Waals surface area contributed by atoms with Crippen LogP contribution in [0.3, 0.4) is 0 Å². The minimum Gasteiger partial charge on any atom is -0.368 e. The number of aromatic nitrogens is 2. The first-order valence-corrected chi connectivity index (χ1v) is 6.97. The van der Waals surface area contributed by atoms with Crippen molar-refractivity contribution in [3.05, 3.63) is 53.5 Å². The van der Waals surface area contributed by atoms with Crippen molar-refractivity contribution in [3.8, 4) is 6.07 Å². The van der Waals surface area contributed by atoms with E-state index in [9.17, 15) is 4.79 Å². The predicted octanol–water partition coefficient (Wildman–Crippen LogP) is 1.78. The highest BCUT2D eigenvalue weighted by Gasteiger charge is 2.05. The summed E-state index contributed by atoms with van der Waals surface area (Å²) in [6, 6.07) is 11.1. The van der Waals surface area contributed by atoms with Gasteiger partial charge in [0.2, 0.25) is 5.91 Å². The number of carbonyl (C=O) groups is 1. The van der Waals surface area contributed by atoms with Crippen LogP contribution in [0.2, 0.25) is 0 Å². The van der Waals surface area contributed by atoms with Crippen molar-refractivity contribution in [2.75, 3.05) is 11.9 Å². The minimum atomic E-state index is -0.0793. The van der Waals surface area contributed by atoms with E-state index < -0.39 is 0 Å². The SMILES string of the molecule is Cc1ccc(C#N)c(NCCC(=O)NCc2ccccn2)n1. The fraction of sp³-hybridized carbons (Fsp3) is 0.250. The lowest BCUT2D eigenvalue weighted by atomic mass is 10.2. The number of carbonyl (C=O) groups excluding carboxylic acids is 1. The van der Waals surface area contributed by atoms with Crippen LogP contribution in [0.15, 0.2) is 36.5 Å². The van der Waals surface area contributed by atoms with E-state index in [2.05, 4.69) is 26.7 Å². The molecule has 22 heavy (non-hydrogen) atoms. The van der Waals surface area contributed by atoms with E-state index in [1.54, 1.807) is 18.3 Å². The lowest BCUT2D eigenvalue weighted by Crippen LogP contribution is -2.25. The number of nitriles is 1. The molecule has 0 aliphatic rings. The second-order valence-electron chi connectivity index (χ2n) is 4.74. The quantitative estimate of drug-likeness (QED) is 0.847. The number of rotatable bonds is 6. The Labute approximate surface area is 129 Å². The van der Waals surface area contributed by atoms with Crippen molar-refractivity contribution < 1.29 is 4.79 Å². The Morgan fingerprint density at radius 2 is 2.18 bits per heavy atom. The van der Waals surface area contributed by atoms with Gasteiger partial charge in [-0.05, 0) is 31.2 Å². The predicted molar refractivity (Wildman–Crippen MR) is 82.9 cm³/mol. The highest BCUT2D eigenvalue weighted by molar-refractivity contribution is 5.76. The van der Waals surface area contributed by atoms with Crippen molar-refractivity contribution in [3.63, 3.8) is 0 Å². The molecule has 2 aromatic heterocycles. The first kappa shape index (κ1) is 15.4. The molecule has 0 saturated carbocycles. The van der Waals surface area contributed by atoms with Gasteiger partial charge in [0.05, 0.1) is 17.8 Å². The number of nitrogens with one attached hydrogen (secondary N) is 2. The highest BCUT2D eigenvalue weighted by atomic mass is 16.1. The van der Waals surface area contributed by atoms with Gasteiger partial charge in [-0.1, -0.05) is 6.07 Å². The molecule has 6 heteroatoms. The van der Waals surface area contributed by atoms with Gasteiger partial charge >= 0.3 is 0 Å². The molecule has 0 aliphatic carbocycles. The number of nitrogens with zero attached hydrogens (tertiary/aromatic N) is 3. The first-order valence-electron chi connectivity index (χ1n) is 6.97. The van der Waals surface area contributed by atoms with E-state index in [4.69, 9.17) is 5.26 Å². The summed E-state index contributed by atoms with van der Waals surface area (Å²) >= 11 is 0. The maximum Gasteiger partial charge on any atom is 0.222 e. The number of aryl methyl sites for hydroxylation is 1. The normalized spacial score (nSPS) is 9.82. The van der Waals surface area contributed by atoms with Crippen LogP contribution < -0.4 is 10.6 Å². The van der Waals surface area contributed by atoms with Gasteiger partial charge < -0.3 is 10.6 Å². The zero-order chi connectivity index (χ0) is 15.8. The standard InChI is InChI=1S/C16H17N5O/c1-12-5-6-13(10-17)16(21-12)19-9-7-15(22)20-11-14-4-2-3-8-18-14/h2-6,8H,7,9,11H2,1H3,(H,19,21)(H,20,22). The molecule has 0 unspecified atom stereocenters. The Morgan fingerprint density at radius 3 is 2.91 bits per heavy atom. The Balaban J connectivity index is 1.78. The van der Waals surface area contributed by atoms with Gasteiger partial charge in [0.25, 0.3) is 0 Å². The van der Waals surface area contributed by atoms with Crippen molar-refractivity contribution in [1.82, 2.24) is 15.3 Å². The number of amides is 1. The molecule has 0 radical (unpaired) electrons. The number of anilines is 1. The maximum absolute atomic E-state index is 11.8. The minimum absolute atomic E-state index is 0.0793. The second kappa shape index (κ2) is 7.74. The maximum atomic E-state index is 11.8. The molecule has 0 atom stereocenters. The van der Waals surface area contributed by atoms with Crippen LogP contribution in [0.25, 0.3) is 0 Å². The molecule has 1 amide bonds. The summed E-state index contributed by atoms with van der Waals surface area (Å²) < 4.78 is 0. The summed E-state index contributed by atoms with van der Waals surface area (Å²) in [7, 11) is 0. The highest BCUT2D eigenvalue weighted by Crippen LogP contribution is 2.11. The van der Waals surface area contributed by atoms with Crippen molar-refractivity contribution in [2.24, 2.45) is 0 Å². The number of hydrogen-bond acceptors (Lipinski definition) is 5. The van der Waals surface area contributed by atoms with Crippen molar-refractivity contribution in [1.29, 1.82) is 5.26 Å². The number of pyridine rings is 2. The Bertz CT molecular complexity index is 679. The molecule has 2 aromatic rings. The topological polar surface area (TPSA) is 90.7 Å². The summed E-state index contributed by atoms with van der Waals surface area (Å²) in [6.07, 6.45) is 1.99. The molecule has 0 fully saturated rings. The molecular formula is C16H17N5O. The Hall–Kier alpha value is -2.94. The van der Waals surface area contributed by atoms with Crippen LogP contribution in [0.4, 0.5) is 5.82 Å². The lowest BCUT2D eigenvalue weighted by molar-refractivity contribution is -0.121. The molecule has 0 aliphatic heterocycles. The average molecular weight is 295 g/mol. The average Bonchev–Trinajstić information content (AvgIpc) is 2.54. The van der Waals surface area contributed by atoms with Gasteiger partial charge in [0, 0.05) is 24.9 Å². The third-order valence-corrected chi connectivity index (χ3v) is 2.99. The van der Waals surface area contributed by atoms with Gasteiger partial charge in [-0.15, -0.1) is 0 Å². The van der Waals surface area contributed by atoms with Crippen LogP contribution in [-0.4, -0.2) is 22.4 Å². The molecule has 2 rings (SSSR count). The molecule has 0 spiro atoms. The van der Waals surface area contributed by atoms with Gasteiger partial charge in [-0.25, -0.2) is 4.98 Å². The molecule has 0 saturated heterocycles. The smallest absolute Gasteiger partial charge is 0.222 e. The molecule has 2 heterocycles. The van der Waals surface area contributed by atoms with Gasteiger partial charge in [0.1, 0.15) is 11.9 Å². The molecule has 2 N–H and O–H groups in total. The van der Waals surface area contributed by atoms with Crippen LogP contribution in [-0.2, 0) is 11.3 Å². The van der Waals surface area contributed by atoms with Crippen LogP contribution in [0, 0.1) is 18.3 Å². The summed E-state index contributed by atoms with van der Waals surface area (Å²) in [5, 5.41) is 14.8. The first-order chi connectivity index (χ1) is 10.7. The van der Waals surface area contributed by atoms with Gasteiger partial charge in [-0.3, -0.25) is 9.78 Å². The molecule has 0 aromatic carbocycles. The van der Waals surface area contributed by atoms with E-state index in [-0.39, 0.29) is 5.91 Å². The molecular weight excluding hydrogens is 278 g/mol. The fourth-order valence-electron chi connectivity index (χ4n) is 1.86. The van der Waals surface area contributed by atoms with Crippen LogP contribution >= 0.6 is 0 Å². The Morgan fingerprint density at radius 1 is 1.32 bits per heavy atom. The third kappa shape index (κ3) is 4.56.